The maximum Gasteiger partial charge on any atom is 0.331 e. The fraction of sp³-hybridized carbons (Fsp3) is 0.606. The summed E-state index contributed by atoms with van der Waals surface area (Å²) in [4.78, 5) is 29.2. The van der Waals surface area contributed by atoms with Gasteiger partial charge in [-0.25, -0.2) is 9.78 Å². The van der Waals surface area contributed by atoms with Gasteiger partial charge in [0.2, 0.25) is 0 Å². The van der Waals surface area contributed by atoms with Gasteiger partial charge in [-0.1, -0.05) is 107 Å². The van der Waals surface area contributed by atoms with Crippen molar-refractivity contribution >= 4 is 29.6 Å². The molecule has 0 spiro atoms. The molecular weight excluding hydrogens is 524 g/mol. The Labute approximate surface area is 243 Å². The van der Waals surface area contributed by atoms with Crippen LogP contribution in [0.2, 0.25) is 5.15 Å². The highest BCUT2D eigenvalue weighted by molar-refractivity contribution is 6.30. The molecular formula is C33H45ClN2O4. The van der Waals surface area contributed by atoms with E-state index in [0.717, 1.165) is 87.6 Å². The zero-order valence-corrected chi connectivity index (χ0v) is 24.7. The topological polar surface area (TPSA) is 92.4 Å². The zero-order valence-electron chi connectivity index (χ0n) is 23.9. The number of nitrogens with zero attached hydrogens (tertiary/aromatic N) is 2. The number of carboxylic acids is 2. The Morgan fingerprint density at radius 3 is 2.23 bits per heavy atom. The Hall–Kier alpha value is -2.60. The summed E-state index contributed by atoms with van der Waals surface area (Å²) in [5.41, 5.74) is 2.91. The molecule has 1 atom stereocenters. The maximum absolute atomic E-state index is 12.3. The lowest BCUT2D eigenvalue weighted by molar-refractivity contribution is -0.140. The normalized spacial score (nSPS) is 18.4. The van der Waals surface area contributed by atoms with Gasteiger partial charge in [0.25, 0.3) is 0 Å². The molecule has 4 rings (SSSR count). The maximum atomic E-state index is 12.3. The number of carbonyl (C=O) groups is 2. The standard InChI is InChI=1S/C33H45ClN2O4/c1-2-3-15-29-35-31(34)28(21-27(32(37)38)20-23-11-7-6-8-12-23)36(29)22-24-16-18-26(19-17-24)30(33(39)40)25-13-9-4-5-10-14-25/h16-19,21,23,25,30H,2-15,20,22H2,1H3,(H,37,38)(H,39,40). The first-order valence-electron chi connectivity index (χ1n) is 15.4. The molecule has 0 amide bonds. The van der Waals surface area contributed by atoms with Crippen molar-refractivity contribution in [2.45, 2.75) is 116 Å². The number of imidazole rings is 1. The Balaban J connectivity index is 1.61. The van der Waals surface area contributed by atoms with Crippen LogP contribution in [0.25, 0.3) is 6.08 Å². The number of aromatic nitrogens is 2. The van der Waals surface area contributed by atoms with Crippen molar-refractivity contribution in [1.29, 1.82) is 0 Å². The number of aliphatic carboxylic acids is 2. The summed E-state index contributed by atoms with van der Waals surface area (Å²) >= 11 is 6.65. The molecule has 0 aliphatic heterocycles. The van der Waals surface area contributed by atoms with Crippen LogP contribution in [0.1, 0.15) is 125 Å². The summed E-state index contributed by atoms with van der Waals surface area (Å²) in [6, 6.07) is 7.94. The smallest absolute Gasteiger partial charge is 0.331 e. The van der Waals surface area contributed by atoms with E-state index in [4.69, 9.17) is 11.6 Å². The number of aryl methyl sites for hydroxylation is 1. The minimum atomic E-state index is -0.896. The van der Waals surface area contributed by atoms with Crippen molar-refractivity contribution in [2.75, 3.05) is 0 Å². The van der Waals surface area contributed by atoms with E-state index in [1.165, 1.54) is 19.3 Å². The van der Waals surface area contributed by atoms with E-state index < -0.39 is 17.9 Å². The van der Waals surface area contributed by atoms with Crippen LogP contribution in [-0.4, -0.2) is 31.7 Å². The van der Waals surface area contributed by atoms with Crippen molar-refractivity contribution in [1.82, 2.24) is 9.55 Å². The van der Waals surface area contributed by atoms with Gasteiger partial charge in [-0.15, -0.1) is 0 Å². The summed E-state index contributed by atoms with van der Waals surface area (Å²) in [5.74, 6) is -0.692. The molecule has 2 aliphatic carbocycles. The molecule has 6 nitrogen and oxygen atoms in total. The van der Waals surface area contributed by atoms with Crippen LogP contribution in [0.5, 0.6) is 0 Å². The molecule has 2 fully saturated rings. The lowest BCUT2D eigenvalue weighted by Gasteiger charge is -2.23. The summed E-state index contributed by atoms with van der Waals surface area (Å²) in [5, 5.41) is 20.5. The number of hydrogen-bond donors (Lipinski definition) is 2. The van der Waals surface area contributed by atoms with Gasteiger partial charge >= 0.3 is 11.9 Å². The Morgan fingerprint density at radius 1 is 1.00 bits per heavy atom. The van der Waals surface area contributed by atoms with Crippen LogP contribution in [0.3, 0.4) is 0 Å². The van der Waals surface area contributed by atoms with E-state index in [-0.39, 0.29) is 5.92 Å². The van der Waals surface area contributed by atoms with Gasteiger partial charge in [-0.2, -0.15) is 0 Å². The van der Waals surface area contributed by atoms with Crippen LogP contribution in [-0.2, 0) is 22.6 Å². The summed E-state index contributed by atoms with van der Waals surface area (Å²) in [6.45, 7) is 2.64. The van der Waals surface area contributed by atoms with Crippen molar-refractivity contribution in [3.05, 3.63) is 57.6 Å². The van der Waals surface area contributed by atoms with Gasteiger partial charge in [0.15, 0.2) is 5.15 Å². The Morgan fingerprint density at radius 2 is 1.62 bits per heavy atom. The second kappa shape index (κ2) is 14.9. The summed E-state index contributed by atoms with van der Waals surface area (Å²) < 4.78 is 2.05. The zero-order chi connectivity index (χ0) is 28.5. The number of rotatable bonds is 12. The van der Waals surface area contributed by atoms with Crippen molar-refractivity contribution in [2.24, 2.45) is 11.8 Å². The molecule has 0 bridgehead atoms. The van der Waals surface area contributed by atoms with Gasteiger partial charge in [-0.05, 0) is 54.7 Å². The molecule has 40 heavy (non-hydrogen) atoms. The lowest BCUT2D eigenvalue weighted by atomic mass is 9.81. The third-order valence-corrected chi connectivity index (χ3v) is 9.21. The molecule has 1 aromatic carbocycles. The first kappa shape index (κ1) is 30.4. The average Bonchev–Trinajstić information content (AvgIpc) is 3.09. The fourth-order valence-electron chi connectivity index (χ4n) is 6.67. The van der Waals surface area contributed by atoms with E-state index >= 15 is 0 Å². The summed E-state index contributed by atoms with van der Waals surface area (Å²) in [6.07, 6.45) is 17.3. The predicted molar refractivity (Wildman–Crippen MR) is 160 cm³/mol. The minimum Gasteiger partial charge on any atom is -0.481 e. The third-order valence-electron chi connectivity index (χ3n) is 8.93. The number of hydrogen-bond acceptors (Lipinski definition) is 3. The quantitative estimate of drug-likeness (QED) is 0.198. The van der Waals surface area contributed by atoms with Gasteiger partial charge in [0, 0.05) is 18.5 Å². The molecule has 2 saturated carbocycles. The second-order valence-corrected chi connectivity index (χ2v) is 12.2. The first-order chi connectivity index (χ1) is 19.4. The minimum absolute atomic E-state index is 0.175. The lowest BCUT2D eigenvalue weighted by Crippen LogP contribution is -2.21. The van der Waals surface area contributed by atoms with Gasteiger partial charge in [0.1, 0.15) is 5.82 Å². The van der Waals surface area contributed by atoms with E-state index in [9.17, 15) is 19.8 Å². The Kier molecular flexibility index (Phi) is 11.3. The number of carboxylic acid groups (broad SMARTS) is 2. The molecule has 2 N–H and O–H groups in total. The largest absolute Gasteiger partial charge is 0.481 e. The third kappa shape index (κ3) is 7.99. The van der Waals surface area contributed by atoms with E-state index in [0.29, 0.717) is 35.3 Å². The van der Waals surface area contributed by atoms with Crippen LogP contribution >= 0.6 is 11.6 Å². The number of benzene rings is 1. The predicted octanol–water partition coefficient (Wildman–Crippen LogP) is 8.50. The van der Waals surface area contributed by atoms with Crippen LogP contribution < -0.4 is 0 Å². The molecule has 2 aromatic rings. The highest BCUT2D eigenvalue weighted by Crippen LogP contribution is 2.36. The van der Waals surface area contributed by atoms with Crippen molar-refractivity contribution in [3.8, 4) is 0 Å². The fourth-order valence-corrected chi connectivity index (χ4v) is 6.92. The number of halogens is 1. The van der Waals surface area contributed by atoms with Crippen LogP contribution in [0, 0.1) is 11.8 Å². The van der Waals surface area contributed by atoms with Crippen LogP contribution in [0.4, 0.5) is 0 Å². The molecule has 218 valence electrons. The van der Waals surface area contributed by atoms with E-state index in [1.54, 1.807) is 6.08 Å². The van der Waals surface area contributed by atoms with E-state index in [1.807, 2.05) is 24.3 Å². The molecule has 1 aromatic heterocycles. The molecule has 0 saturated heterocycles. The van der Waals surface area contributed by atoms with Gasteiger partial charge < -0.3 is 14.8 Å². The van der Waals surface area contributed by atoms with Crippen molar-refractivity contribution in [3.63, 3.8) is 0 Å². The van der Waals surface area contributed by atoms with Gasteiger partial charge in [0.05, 0.1) is 11.6 Å². The second-order valence-electron chi connectivity index (χ2n) is 11.9. The molecule has 1 unspecified atom stereocenters. The molecule has 0 radical (unpaired) electrons. The SMILES string of the molecule is CCCCc1nc(Cl)c(C=C(CC2CCCCC2)C(=O)O)n1Cc1ccc(C(C(=O)O)C2CCCCCC2)cc1. The summed E-state index contributed by atoms with van der Waals surface area (Å²) in [7, 11) is 0. The highest BCUT2D eigenvalue weighted by Gasteiger charge is 2.30. The van der Waals surface area contributed by atoms with Crippen LogP contribution in [0.15, 0.2) is 29.8 Å². The van der Waals surface area contributed by atoms with Gasteiger partial charge in [-0.3, -0.25) is 4.79 Å². The molecule has 1 heterocycles. The van der Waals surface area contributed by atoms with E-state index in [2.05, 4.69) is 16.5 Å². The molecule has 2 aliphatic rings. The first-order valence-corrected chi connectivity index (χ1v) is 15.8. The monoisotopic (exact) mass is 568 g/mol. The average molecular weight is 569 g/mol. The number of unbranched alkanes of at least 4 members (excludes halogenated alkanes) is 1. The molecule has 7 heteroatoms. The van der Waals surface area contributed by atoms with Crippen molar-refractivity contribution < 1.29 is 19.8 Å². The Bertz CT molecular complexity index is 1160. The highest BCUT2D eigenvalue weighted by atomic mass is 35.5.